The van der Waals surface area contributed by atoms with Crippen LogP contribution in [0.15, 0.2) is 30.3 Å². The molecule has 2 N–H and O–H groups in total. The number of nitrogens with one attached hydrogen (secondary N) is 2. The maximum atomic E-state index is 12.2. The van der Waals surface area contributed by atoms with Crippen LogP contribution in [0, 0.1) is 5.41 Å². The molecule has 0 spiro atoms. The first-order chi connectivity index (χ1) is 10.9. The molecule has 0 aliphatic carbocycles. The van der Waals surface area contributed by atoms with Crippen LogP contribution in [-0.2, 0) is 9.59 Å². The minimum absolute atomic E-state index is 0.0182. The molecule has 1 aliphatic heterocycles. The Morgan fingerprint density at radius 3 is 2.57 bits per heavy atom. The van der Waals surface area contributed by atoms with Gasteiger partial charge < -0.3 is 15.5 Å². The summed E-state index contributed by atoms with van der Waals surface area (Å²) in [5.74, 6) is 0.0897. The Balaban J connectivity index is 1.71. The van der Waals surface area contributed by atoms with E-state index < -0.39 is 5.41 Å². The van der Waals surface area contributed by atoms with Crippen molar-refractivity contribution in [2.24, 2.45) is 5.41 Å². The van der Waals surface area contributed by atoms with Crippen molar-refractivity contribution in [3.8, 4) is 0 Å². The maximum Gasteiger partial charge on any atom is 0.225 e. The zero-order valence-electron chi connectivity index (χ0n) is 14.3. The molecule has 0 radical (unpaired) electrons. The second-order valence-electron chi connectivity index (χ2n) is 7.09. The van der Waals surface area contributed by atoms with Crippen LogP contribution in [0.25, 0.3) is 0 Å². The summed E-state index contributed by atoms with van der Waals surface area (Å²) in [5, 5.41) is 6.28. The monoisotopic (exact) mass is 317 g/mol. The Kier molecular flexibility index (Phi) is 5.64. The first-order valence-corrected chi connectivity index (χ1v) is 8.24. The average Bonchev–Trinajstić information content (AvgIpc) is 2.95. The van der Waals surface area contributed by atoms with Crippen molar-refractivity contribution in [2.75, 3.05) is 25.0 Å². The third-order valence-electron chi connectivity index (χ3n) is 3.99. The number of amides is 2. The number of hydrogen-bond acceptors (Lipinski definition) is 3. The highest BCUT2D eigenvalue weighted by atomic mass is 16.2. The van der Waals surface area contributed by atoms with E-state index in [2.05, 4.69) is 10.6 Å². The van der Waals surface area contributed by atoms with Gasteiger partial charge in [0.05, 0.1) is 0 Å². The Bertz CT molecular complexity index is 537. The van der Waals surface area contributed by atoms with E-state index >= 15 is 0 Å². The smallest absolute Gasteiger partial charge is 0.225 e. The predicted octanol–water partition coefficient (Wildman–Crippen LogP) is 2.25. The fraction of sp³-hybridized carbons (Fsp3) is 0.556. The Labute approximate surface area is 138 Å². The van der Waals surface area contributed by atoms with E-state index in [1.165, 1.54) is 0 Å². The van der Waals surface area contributed by atoms with E-state index in [0.717, 1.165) is 25.2 Å². The highest BCUT2D eigenvalue weighted by Crippen LogP contribution is 2.16. The molecule has 2 rings (SSSR count). The first kappa shape index (κ1) is 17.3. The van der Waals surface area contributed by atoms with E-state index in [1.54, 1.807) is 0 Å². The summed E-state index contributed by atoms with van der Waals surface area (Å²) in [6.45, 7) is 7.50. The van der Waals surface area contributed by atoms with Crippen molar-refractivity contribution in [3.63, 3.8) is 0 Å². The van der Waals surface area contributed by atoms with E-state index in [0.29, 0.717) is 19.0 Å². The molecule has 23 heavy (non-hydrogen) atoms. The van der Waals surface area contributed by atoms with E-state index in [1.807, 2.05) is 56.0 Å². The number of para-hydroxylation sites is 1. The fourth-order valence-electron chi connectivity index (χ4n) is 2.58. The summed E-state index contributed by atoms with van der Waals surface area (Å²) in [6, 6.07) is 10.3. The van der Waals surface area contributed by atoms with Gasteiger partial charge in [0.2, 0.25) is 11.8 Å². The van der Waals surface area contributed by atoms with Crippen molar-refractivity contribution in [1.82, 2.24) is 10.2 Å². The van der Waals surface area contributed by atoms with Crippen LogP contribution >= 0.6 is 0 Å². The Morgan fingerprint density at radius 2 is 1.91 bits per heavy atom. The number of likely N-dealkylation sites (tertiary alicyclic amines) is 1. The molecule has 1 saturated heterocycles. The van der Waals surface area contributed by atoms with Crippen LogP contribution < -0.4 is 10.6 Å². The van der Waals surface area contributed by atoms with Gasteiger partial charge in [-0.1, -0.05) is 39.0 Å². The molecule has 0 unspecified atom stereocenters. The SMILES string of the molecule is CC(C)(C)C(=O)NCCC(=O)N1CC[C@H](Nc2ccccc2)C1. The zero-order valence-corrected chi connectivity index (χ0v) is 14.3. The summed E-state index contributed by atoms with van der Waals surface area (Å²) in [4.78, 5) is 25.9. The van der Waals surface area contributed by atoms with Gasteiger partial charge in [-0.2, -0.15) is 0 Å². The van der Waals surface area contributed by atoms with Gasteiger partial charge in [0.25, 0.3) is 0 Å². The third-order valence-corrected chi connectivity index (χ3v) is 3.99. The normalized spacial score (nSPS) is 17.9. The molecule has 5 heteroatoms. The van der Waals surface area contributed by atoms with Gasteiger partial charge >= 0.3 is 0 Å². The molecule has 0 bridgehead atoms. The van der Waals surface area contributed by atoms with Gasteiger partial charge in [-0.15, -0.1) is 0 Å². The van der Waals surface area contributed by atoms with Gasteiger partial charge in [0.1, 0.15) is 0 Å². The van der Waals surface area contributed by atoms with Gasteiger partial charge in [0, 0.05) is 43.2 Å². The van der Waals surface area contributed by atoms with Crippen LogP contribution in [0.5, 0.6) is 0 Å². The largest absolute Gasteiger partial charge is 0.380 e. The van der Waals surface area contributed by atoms with Crippen molar-refractivity contribution < 1.29 is 9.59 Å². The second kappa shape index (κ2) is 7.49. The number of nitrogens with zero attached hydrogens (tertiary/aromatic N) is 1. The fourth-order valence-corrected chi connectivity index (χ4v) is 2.58. The lowest BCUT2D eigenvalue weighted by molar-refractivity contribution is -0.131. The minimum Gasteiger partial charge on any atom is -0.380 e. The molecule has 1 fully saturated rings. The predicted molar refractivity (Wildman–Crippen MR) is 92.1 cm³/mol. The molecule has 0 saturated carbocycles. The molecule has 1 atom stereocenters. The summed E-state index contributed by atoms with van der Waals surface area (Å²) in [5.41, 5.74) is 0.672. The molecule has 1 aromatic carbocycles. The number of carbonyl (C=O) groups excluding carboxylic acids is 2. The molecule has 126 valence electrons. The molecular weight excluding hydrogens is 290 g/mol. The van der Waals surface area contributed by atoms with Crippen molar-refractivity contribution in [1.29, 1.82) is 0 Å². The number of carbonyl (C=O) groups is 2. The lowest BCUT2D eigenvalue weighted by Gasteiger charge is -2.20. The molecule has 5 nitrogen and oxygen atoms in total. The summed E-state index contributed by atoms with van der Waals surface area (Å²) < 4.78 is 0. The minimum atomic E-state index is -0.415. The van der Waals surface area contributed by atoms with Crippen LogP contribution in [-0.4, -0.2) is 42.4 Å². The van der Waals surface area contributed by atoms with E-state index in [-0.39, 0.29) is 11.8 Å². The summed E-state index contributed by atoms with van der Waals surface area (Å²) >= 11 is 0. The maximum absolute atomic E-state index is 12.2. The molecular formula is C18H27N3O2. The lowest BCUT2D eigenvalue weighted by Crippen LogP contribution is -2.38. The van der Waals surface area contributed by atoms with Gasteiger partial charge in [0.15, 0.2) is 0 Å². The average molecular weight is 317 g/mol. The molecule has 1 aromatic rings. The first-order valence-electron chi connectivity index (χ1n) is 8.24. The topological polar surface area (TPSA) is 61.4 Å². The van der Waals surface area contributed by atoms with Crippen LogP contribution in [0.4, 0.5) is 5.69 Å². The van der Waals surface area contributed by atoms with Gasteiger partial charge in [-0.3, -0.25) is 9.59 Å². The number of hydrogen-bond donors (Lipinski definition) is 2. The number of benzene rings is 1. The highest BCUT2D eigenvalue weighted by Gasteiger charge is 2.26. The van der Waals surface area contributed by atoms with E-state index in [4.69, 9.17) is 0 Å². The molecule has 1 heterocycles. The number of rotatable bonds is 5. The zero-order chi connectivity index (χ0) is 16.9. The highest BCUT2D eigenvalue weighted by molar-refractivity contribution is 5.82. The number of anilines is 1. The van der Waals surface area contributed by atoms with Crippen LogP contribution in [0.2, 0.25) is 0 Å². The molecule has 0 aromatic heterocycles. The summed E-state index contributed by atoms with van der Waals surface area (Å²) in [6.07, 6.45) is 1.31. The molecule has 1 aliphatic rings. The van der Waals surface area contributed by atoms with E-state index in [9.17, 15) is 9.59 Å². The second-order valence-corrected chi connectivity index (χ2v) is 7.09. The van der Waals surface area contributed by atoms with Crippen molar-refractivity contribution >= 4 is 17.5 Å². The third kappa shape index (κ3) is 5.27. The van der Waals surface area contributed by atoms with Crippen molar-refractivity contribution in [2.45, 2.75) is 39.7 Å². The van der Waals surface area contributed by atoms with Gasteiger partial charge in [-0.05, 0) is 18.6 Å². The van der Waals surface area contributed by atoms with Crippen LogP contribution in [0.1, 0.15) is 33.6 Å². The quantitative estimate of drug-likeness (QED) is 0.875. The van der Waals surface area contributed by atoms with Gasteiger partial charge in [-0.25, -0.2) is 0 Å². The lowest BCUT2D eigenvalue weighted by atomic mass is 9.96. The molecule has 2 amide bonds. The standard InChI is InChI=1S/C18H27N3O2/c1-18(2,3)17(23)19-11-9-16(22)21-12-10-15(13-21)20-14-7-5-4-6-8-14/h4-8,15,20H,9-13H2,1-3H3,(H,19,23)/t15-/m0/s1. The Morgan fingerprint density at radius 1 is 1.22 bits per heavy atom. The van der Waals surface area contributed by atoms with Crippen molar-refractivity contribution in [3.05, 3.63) is 30.3 Å². The Hall–Kier alpha value is -2.04. The van der Waals surface area contributed by atoms with Crippen LogP contribution in [0.3, 0.4) is 0 Å². The summed E-state index contributed by atoms with van der Waals surface area (Å²) in [7, 11) is 0.